The standard InChI is InChI=1S/C18H25NO3/c1-2-13-22-18(21)15-11-9-14(10-12-15)17(20)19-16-7-5-3-4-6-8-16/h9-12,16H,2-8,13H2,1H3,(H,19,20). The maximum Gasteiger partial charge on any atom is 0.338 e. The normalized spacial score (nSPS) is 15.9. The summed E-state index contributed by atoms with van der Waals surface area (Å²) >= 11 is 0. The van der Waals surface area contributed by atoms with Crippen molar-refractivity contribution in [3.63, 3.8) is 0 Å². The van der Waals surface area contributed by atoms with E-state index < -0.39 is 0 Å². The van der Waals surface area contributed by atoms with E-state index in [0.29, 0.717) is 17.7 Å². The maximum atomic E-state index is 12.3. The highest BCUT2D eigenvalue weighted by Crippen LogP contribution is 2.17. The maximum absolute atomic E-state index is 12.3. The van der Waals surface area contributed by atoms with E-state index in [-0.39, 0.29) is 17.9 Å². The Morgan fingerprint density at radius 3 is 2.23 bits per heavy atom. The van der Waals surface area contributed by atoms with Gasteiger partial charge in [-0.25, -0.2) is 4.79 Å². The van der Waals surface area contributed by atoms with Gasteiger partial charge in [-0.15, -0.1) is 0 Å². The molecule has 1 fully saturated rings. The van der Waals surface area contributed by atoms with Crippen LogP contribution in [0.25, 0.3) is 0 Å². The summed E-state index contributed by atoms with van der Waals surface area (Å²) in [6.45, 7) is 2.37. The Morgan fingerprint density at radius 2 is 1.64 bits per heavy atom. The molecule has 0 aliphatic heterocycles. The quantitative estimate of drug-likeness (QED) is 0.666. The molecule has 0 bridgehead atoms. The number of benzene rings is 1. The van der Waals surface area contributed by atoms with Crippen molar-refractivity contribution >= 4 is 11.9 Å². The highest BCUT2D eigenvalue weighted by Gasteiger charge is 2.16. The zero-order valence-electron chi connectivity index (χ0n) is 13.3. The predicted molar refractivity (Wildman–Crippen MR) is 86.0 cm³/mol. The van der Waals surface area contributed by atoms with E-state index >= 15 is 0 Å². The van der Waals surface area contributed by atoms with Gasteiger partial charge in [-0.05, 0) is 43.5 Å². The minimum absolute atomic E-state index is 0.0552. The Balaban J connectivity index is 1.91. The first kappa shape index (κ1) is 16.5. The molecule has 1 N–H and O–H groups in total. The van der Waals surface area contributed by atoms with Crippen molar-refractivity contribution in [2.45, 2.75) is 57.9 Å². The molecule has 1 aromatic carbocycles. The predicted octanol–water partition coefficient (Wildman–Crippen LogP) is 3.71. The van der Waals surface area contributed by atoms with E-state index in [1.165, 1.54) is 25.7 Å². The van der Waals surface area contributed by atoms with E-state index in [9.17, 15) is 9.59 Å². The minimum Gasteiger partial charge on any atom is -0.462 e. The van der Waals surface area contributed by atoms with Crippen LogP contribution in [0.5, 0.6) is 0 Å². The van der Waals surface area contributed by atoms with Crippen LogP contribution in [0, 0.1) is 0 Å². The van der Waals surface area contributed by atoms with Gasteiger partial charge in [0.25, 0.3) is 5.91 Å². The summed E-state index contributed by atoms with van der Waals surface area (Å²) in [5, 5.41) is 3.10. The average Bonchev–Trinajstić information content (AvgIpc) is 2.81. The van der Waals surface area contributed by atoms with Crippen molar-refractivity contribution < 1.29 is 14.3 Å². The molecule has 2 rings (SSSR count). The average molecular weight is 303 g/mol. The fourth-order valence-corrected chi connectivity index (χ4v) is 2.73. The first-order chi connectivity index (χ1) is 10.7. The second-order valence-electron chi connectivity index (χ2n) is 5.88. The molecule has 0 unspecified atom stereocenters. The monoisotopic (exact) mass is 303 g/mol. The van der Waals surface area contributed by atoms with Crippen molar-refractivity contribution in [3.8, 4) is 0 Å². The number of hydrogen-bond donors (Lipinski definition) is 1. The van der Waals surface area contributed by atoms with Gasteiger partial charge >= 0.3 is 5.97 Å². The van der Waals surface area contributed by atoms with Gasteiger partial charge in [0.05, 0.1) is 12.2 Å². The lowest BCUT2D eigenvalue weighted by Gasteiger charge is -2.16. The highest BCUT2D eigenvalue weighted by atomic mass is 16.5. The van der Waals surface area contributed by atoms with Crippen LogP contribution in [0.4, 0.5) is 0 Å². The van der Waals surface area contributed by atoms with Gasteiger partial charge in [-0.2, -0.15) is 0 Å². The number of esters is 1. The van der Waals surface area contributed by atoms with Crippen LogP contribution >= 0.6 is 0 Å². The summed E-state index contributed by atoms with van der Waals surface area (Å²) in [4.78, 5) is 24.0. The second-order valence-corrected chi connectivity index (χ2v) is 5.88. The van der Waals surface area contributed by atoms with Crippen LogP contribution in [0.15, 0.2) is 24.3 Å². The van der Waals surface area contributed by atoms with Crippen LogP contribution in [0.2, 0.25) is 0 Å². The van der Waals surface area contributed by atoms with Crippen molar-refractivity contribution in [2.24, 2.45) is 0 Å². The molecule has 1 aromatic rings. The molecule has 0 radical (unpaired) electrons. The van der Waals surface area contributed by atoms with Gasteiger partial charge in [0.2, 0.25) is 0 Å². The fourth-order valence-electron chi connectivity index (χ4n) is 2.73. The zero-order valence-corrected chi connectivity index (χ0v) is 13.3. The fraction of sp³-hybridized carbons (Fsp3) is 0.556. The lowest BCUT2D eigenvalue weighted by Crippen LogP contribution is -2.34. The molecular weight excluding hydrogens is 278 g/mol. The SMILES string of the molecule is CCCOC(=O)c1ccc(C(=O)NC2CCCCCC2)cc1. The smallest absolute Gasteiger partial charge is 0.338 e. The lowest BCUT2D eigenvalue weighted by molar-refractivity contribution is 0.0504. The molecule has 4 heteroatoms. The van der Waals surface area contributed by atoms with E-state index in [0.717, 1.165) is 19.3 Å². The number of ether oxygens (including phenoxy) is 1. The van der Waals surface area contributed by atoms with E-state index in [1.807, 2.05) is 6.92 Å². The second kappa shape index (κ2) is 8.57. The molecule has 22 heavy (non-hydrogen) atoms. The van der Waals surface area contributed by atoms with Gasteiger partial charge in [-0.3, -0.25) is 4.79 Å². The Kier molecular flexibility index (Phi) is 6.44. The van der Waals surface area contributed by atoms with Crippen LogP contribution in [-0.4, -0.2) is 24.5 Å². The largest absolute Gasteiger partial charge is 0.462 e. The van der Waals surface area contributed by atoms with Crippen molar-refractivity contribution in [1.29, 1.82) is 0 Å². The molecular formula is C18H25NO3. The van der Waals surface area contributed by atoms with E-state index in [4.69, 9.17) is 4.74 Å². The lowest BCUT2D eigenvalue weighted by atomic mass is 10.1. The van der Waals surface area contributed by atoms with Crippen molar-refractivity contribution in [1.82, 2.24) is 5.32 Å². The third kappa shape index (κ3) is 4.86. The number of amides is 1. The number of carbonyl (C=O) groups excluding carboxylic acids is 2. The topological polar surface area (TPSA) is 55.4 Å². The molecule has 0 spiro atoms. The zero-order chi connectivity index (χ0) is 15.8. The van der Waals surface area contributed by atoms with Crippen LogP contribution < -0.4 is 5.32 Å². The molecule has 120 valence electrons. The molecule has 4 nitrogen and oxygen atoms in total. The Labute approximate surface area is 132 Å². The number of rotatable bonds is 5. The third-order valence-corrected chi connectivity index (χ3v) is 4.01. The molecule has 0 aromatic heterocycles. The number of nitrogens with one attached hydrogen (secondary N) is 1. The third-order valence-electron chi connectivity index (χ3n) is 4.01. The van der Waals surface area contributed by atoms with Crippen molar-refractivity contribution in [3.05, 3.63) is 35.4 Å². The molecule has 0 saturated heterocycles. The van der Waals surface area contributed by atoms with Gasteiger partial charge in [0.15, 0.2) is 0 Å². The van der Waals surface area contributed by atoms with Gasteiger partial charge in [-0.1, -0.05) is 32.6 Å². The van der Waals surface area contributed by atoms with Crippen molar-refractivity contribution in [2.75, 3.05) is 6.61 Å². The summed E-state index contributed by atoms with van der Waals surface area (Å²) in [7, 11) is 0. The highest BCUT2D eigenvalue weighted by molar-refractivity contribution is 5.96. The summed E-state index contributed by atoms with van der Waals surface area (Å²) in [6, 6.07) is 6.97. The molecule has 0 heterocycles. The van der Waals surface area contributed by atoms with Gasteiger partial charge < -0.3 is 10.1 Å². The number of hydrogen-bond acceptors (Lipinski definition) is 3. The van der Waals surface area contributed by atoms with E-state index in [1.54, 1.807) is 24.3 Å². The summed E-state index contributed by atoms with van der Waals surface area (Å²) in [5.74, 6) is -0.391. The summed E-state index contributed by atoms with van der Waals surface area (Å²) in [6.07, 6.45) is 7.83. The van der Waals surface area contributed by atoms with Crippen LogP contribution in [0.1, 0.15) is 72.6 Å². The molecule has 0 atom stereocenters. The van der Waals surface area contributed by atoms with Gasteiger partial charge in [0, 0.05) is 11.6 Å². The Hall–Kier alpha value is -1.84. The first-order valence-corrected chi connectivity index (χ1v) is 8.28. The summed E-state index contributed by atoms with van der Waals surface area (Å²) < 4.78 is 5.07. The van der Waals surface area contributed by atoms with Crippen LogP contribution in [-0.2, 0) is 4.74 Å². The minimum atomic E-state index is -0.336. The van der Waals surface area contributed by atoms with Gasteiger partial charge in [0.1, 0.15) is 0 Å². The Morgan fingerprint density at radius 1 is 1.05 bits per heavy atom. The number of carbonyl (C=O) groups is 2. The molecule has 1 saturated carbocycles. The summed E-state index contributed by atoms with van der Waals surface area (Å²) in [5.41, 5.74) is 1.08. The van der Waals surface area contributed by atoms with Crippen LogP contribution in [0.3, 0.4) is 0 Å². The van der Waals surface area contributed by atoms with E-state index in [2.05, 4.69) is 5.32 Å². The molecule has 1 aliphatic rings. The first-order valence-electron chi connectivity index (χ1n) is 8.28. The molecule has 1 amide bonds. The Bertz CT molecular complexity index is 488. The molecule has 1 aliphatic carbocycles.